The highest BCUT2D eigenvalue weighted by Gasteiger charge is 2.49. The van der Waals surface area contributed by atoms with Gasteiger partial charge in [-0.2, -0.15) is 0 Å². The first-order valence-corrected chi connectivity index (χ1v) is 6.96. The van der Waals surface area contributed by atoms with E-state index in [0.717, 1.165) is 32.1 Å². The molecule has 2 aliphatic heterocycles. The normalized spacial score (nSPS) is 35.7. The van der Waals surface area contributed by atoms with Crippen LogP contribution in [0, 0.1) is 5.92 Å². The molecule has 2 bridgehead atoms. The van der Waals surface area contributed by atoms with E-state index in [1.54, 1.807) is 6.92 Å². The molecular weight excluding hydrogens is 248 g/mol. The maximum atomic E-state index is 12.0. The van der Waals surface area contributed by atoms with E-state index in [4.69, 9.17) is 4.74 Å². The molecule has 6 nitrogen and oxygen atoms in total. The molecule has 3 N–H and O–H groups in total. The summed E-state index contributed by atoms with van der Waals surface area (Å²) in [7, 11) is 0. The van der Waals surface area contributed by atoms with Crippen LogP contribution in [0.1, 0.15) is 39.0 Å². The van der Waals surface area contributed by atoms with Crippen molar-refractivity contribution in [1.82, 2.24) is 10.6 Å². The Morgan fingerprint density at radius 1 is 1.26 bits per heavy atom. The minimum Gasteiger partial charge on any atom is -0.480 e. The third-order valence-electron chi connectivity index (χ3n) is 4.63. The molecular formula is C13H20N2O4. The van der Waals surface area contributed by atoms with Gasteiger partial charge in [-0.25, -0.2) is 9.59 Å². The van der Waals surface area contributed by atoms with E-state index in [2.05, 4.69) is 10.6 Å². The van der Waals surface area contributed by atoms with Gasteiger partial charge in [-0.05, 0) is 44.9 Å². The van der Waals surface area contributed by atoms with E-state index in [1.165, 1.54) is 0 Å². The lowest BCUT2D eigenvalue weighted by molar-refractivity contribution is -0.144. The molecule has 0 spiro atoms. The first kappa shape index (κ1) is 12.7. The maximum absolute atomic E-state index is 12.0. The van der Waals surface area contributed by atoms with Crippen molar-refractivity contribution in [2.75, 3.05) is 0 Å². The molecule has 0 aromatic carbocycles. The lowest BCUT2D eigenvalue weighted by Crippen LogP contribution is -2.58. The SMILES string of the molecule is CC(NC(=O)NC1CC2CCC1O2)(C(=O)O)C1CC1. The number of carboxylic acid groups (broad SMARTS) is 1. The molecule has 3 aliphatic rings. The summed E-state index contributed by atoms with van der Waals surface area (Å²) < 4.78 is 5.66. The number of aliphatic carboxylic acids is 1. The molecule has 2 saturated heterocycles. The van der Waals surface area contributed by atoms with Crippen molar-refractivity contribution in [1.29, 1.82) is 0 Å². The number of fused-ring (bicyclic) bond motifs is 2. The Labute approximate surface area is 111 Å². The number of ether oxygens (including phenoxy) is 1. The van der Waals surface area contributed by atoms with Gasteiger partial charge >= 0.3 is 12.0 Å². The fourth-order valence-electron chi connectivity index (χ4n) is 3.22. The number of amides is 2. The van der Waals surface area contributed by atoms with E-state index in [1.807, 2.05) is 0 Å². The van der Waals surface area contributed by atoms with Gasteiger partial charge in [-0.15, -0.1) is 0 Å². The molecule has 0 aromatic rings. The Balaban J connectivity index is 1.57. The highest BCUT2D eigenvalue weighted by molar-refractivity contribution is 5.86. The summed E-state index contributed by atoms with van der Waals surface area (Å²) in [5, 5.41) is 14.8. The van der Waals surface area contributed by atoms with Crippen molar-refractivity contribution >= 4 is 12.0 Å². The Bertz CT molecular complexity index is 409. The zero-order valence-corrected chi connectivity index (χ0v) is 11.0. The predicted octanol–water partition coefficient (Wildman–Crippen LogP) is 0.859. The fraction of sp³-hybridized carbons (Fsp3) is 0.846. The predicted molar refractivity (Wildman–Crippen MR) is 66.7 cm³/mol. The molecule has 6 heteroatoms. The monoisotopic (exact) mass is 268 g/mol. The van der Waals surface area contributed by atoms with Crippen molar-refractivity contribution in [3.05, 3.63) is 0 Å². The minimum atomic E-state index is -1.15. The standard InChI is InChI=1S/C13H20N2O4/c1-13(11(16)17,7-2-3-7)15-12(18)14-9-6-8-4-5-10(9)19-8/h7-10H,2-6H2,1H3,(H,16,17)(H2,14,15,18). The number of urea groups is 1. The molecule has 4 unspecified atom stereocenters. The van der Waals surface area contributed by atoms with E-state index in [9.17, 15) is 14.7 Å². The zero-order chi connectivity index (χ0) is 13.6. The van der Waals surface area contributed by atoms with Crippen molar-refractivity contribution in [2.45, 2.75) is 62.8 Å². The van der Waals surface area contributed by atoms with Crippen molar-refractivity contribution < 1.29 is 19.4 Å². The van der Waals surface area contributed by atoms with Crippen LogP contribution < -0.4 is 10.6 Å². The van der Waals surface area contributed by atoms with Crippen LogP contribution in [0.2, 0.25) is 0 Å². The lowest BCUT2D eigenvalue weighted by atomic mass is 9.95. The number of hydrogen-bond acceptors (Lipinski definition) is 3. The van der Waals surface area contributed by atoms with Gasteiger partial charge in [0.25, 0.3) is 0 Å². The summed E-state index contributed by atoms with van der Waals surface area (Å²) in [6.45, 7) is 1.59. The molecule has 0 radical (unpaired) electrons. The first-order valence-electron chi connectivity index (χ1n) is 6.96. The largest absolute Gasteiger partial charge is 0.480 e. The average Bonchev–Trinajstić information content (AvgIpc) is 3.01. The van der Waals surface area contributed by atoms with E-state index in [-0.39, 0.29) is 24.2 Å². The van der Waals surface area contributed by atoms with Gasteiger partial charge in [0.05, 0.1) is 18.2 Å². The summed E-state index contributed by atoms with van der Waals surface area (Å²) in [4.78, 5) is 23.3. The van der Waals surface area contributed by atoms with Gasteiger partial charge in [0.2, 0.25) is 0 Å². The summed E-state index contributed by atoms with van der Waals surface area (Å²) >= 11 is 0. The third kappa shape index (κ3) is 2.29. The number of carbonyl (C=O) groups excluding carboxylic acids is 1. The van der Waals surface area contributed by atoms with Gasteiger partial charge < -0.3 is 20.5 Å². The number of carbonyl (C=O) groups is 2. The summed E-state index contributed by atoms with van der Waals surface area (Å²) in [6, 6.07) is -0.367. The van der Waals surface area contributed by atoms with Gasteiger partial charge in [0, 0.05) is 0 Å². The first-order chi connectivity index (χ1) is 8.99. The molecule has 1 saturated carbocycles. The summed E-state index contributed by atoms with van der Waals surface area (Å²) in [5.41, 5.74) is -1.15. The number of rotatable bonds is 4. The Kier molecular flexibility index (Phi) is 2.92. The van der Waals surface area contributed by atoms with Crippen LogP contribution in [0.3, 0.4) is 0 Å². The second kappa shape index (κ2) is 4.37. The number of carboxylic acids is 1. The molecule has 4 atom stereocenters. The quantitative estimate of drug-likeness (QED) is 0.705. The molecule has 2 heterocycles. The summed E-state index contributed by atoms with van der Waals surface area (Å²) in [5.74, 6) is -0.915. The van der Waals surface area contributed by atoms with Gasteiger partial charge in [0.15, 0.2) is 0 Å². The second-order valence-corrected chi connectivity index (χ2v) is 6.10. The number of hydrogen-bond donors (Lipinski definition) is 3. The Morgan fingerprint density at radius 3 is 2.47 bits per heavy atom. The van der Waals surface area contributed by atoms with Crippen LogP contribution in [-0.4, -0.2) is 40.9 Å². The molecule has 3 rings (SSSR count). The highest BCUT2D eigenvalue weighted by atomic mass is 16.5. The van der Waals surface area contributed by atoms with Crippen LogP contribution in [0.25, 0.3) is 0 Å². The average molecular weight is 268 g/mol. The molecule has 1 aliphatic carbocycles. The molecule has 3 fully saturated rings. The van der Waals surface area contributed by atoms with Crippen molar-refractivity contribution in [3.63, 3.8) is 0 Å². The fourth-order valence-corrected chi connectivity index (χ4v) is 3.22. The third-order valence-corrected chi connectivity index (χ3v) is 4.63. The van der Waals surface area contributed by atoms with Crippen LogP contribution in [0.4, 0.5) is 4.79 Å². The zero-order valence-electron chi connectivity index (χ0n) is 11.0. The maximum Gasteiger partial charge on any atom is 0.329 e. The molecule has 106 valence electrons. The van der Waals surface area contributed by atoms with Crippen LogP contribution in [0.5, 0.6) is 0 Å². The van der Waals surface area contributed by atoms with E-state index >= 15 is 0 Å². The van der Waals surface area contributed by atoms with Gasteiger partial charge in [-0.1, -0.05) is 0 Å². The van der Waals surface area contributed by atoms with Crippen molar-refractivity contribution in [2.24, 2.45) is 5.92 Å². The lowest BCUT2D eigenvalue weighted by Gasteiger charge is -2.28. The molecule has 0 aromatic heterocycles. The second-order valence-electron chi connectivity index (χ2n) is 6.10. The van der Waals surface area contributed by atoms with Crippen molar-refractivity contribution in [3.8, 4) is 0 Å². The van der Waals surface area contributed by atoms with E-state index in [0.29, 0.717) is 0 Å². The smallest absolute Gasteiger partial charge is 0.329 e. The molecule has 19 heavy (non-hydrogen) atoms. The van der Waals surface area contributed by atoms with Crippen LogP contribution in [-0.2, 0) is 9.53 Å². The topological polar surface area (TPSA) is 87.7 Å². The highest BCUT2D eigenvalue weighted by Crippen LogP contribution is 2.40. The minimum absolute atomic E-state index is 0.0241. The molecule has 2 amide bonds. The summed E-state index contributed by atoms with van der Waals surface area (Å²) in [6.07, 6.45) is 4.98. The number of nitrogens with one attached hydrogen (secondary N) is 2. The van der Waals surface area contributed by atoms with E-state index < -0.39 is 17.5 Å². The Morgan fingerprint density at radius 2 is 2.00 bits per heavy atom. The van der Waals surface area contributed by atoms with Crippen LogP contribution >= 0.6 is 0 Å². The van der Waals surface area contributed by atoms with Gasteiger partial charge in [-0.3, -0.25) is 0 Å². The Hall–Kier alpha value is -1.30. The van der Waals surface area contributed by atoms with Crippen LogP contribution in [0.15, 0.2) is 0 Å². The van der Waals surface area contributed by atoms with Gasteiger partial charge in [0.1, 0.15) is 5.54 Å².